The van der Waals surface area contributed by atoms with Crippen molar-refractivity contribution in [1.82, 2.24) is 0 Å². The van der Waals surface area contributed by atoms with Crippen molar-refractivity contribution in [2.24, 2.45) is 5.92 Å². The lowest BCUT2D eigenvalue weighted by molar-refractivity contribution is -0.385. The SMILES string of the molecule is O=C(O)C=Cc1ccc([N+](=O)[O-])c(OCC2CCCC2)c1. The summed E-state index contributed by atoms with van der Waals surface area (Å²) in [7, 11) is 0. The van der Waals surface area contributed by atoms with Gasteiger partial charge in [0.2, 0.25) is 0 Å². The second kappa shape index (κ2) is 6.88. The van der Waals surface area contributed by atoms with E-state index in [0.717, 1.165) is 18.9 Å². The highest BCUT2D eigenvalue weighted by Crippen LogP contribution is 2.31. The van der Waals surface area contributed by atoms with E-state index in [9.17, 15) is 14.9 Å². The topological polar surface area (TPSA) is 89.7 Å². The van der Waals surface area contributed by atoms with E-state index in [1.54, 1.807) is 0 Å². The molecule has 0 unspecified atom stereocenters. The van der Waals surface area contributed by atoms with E-state index < -0.39 is 10.9 Å². The molecular weight excluding hydrogens is 274 g/mol. The van der Waals surface area contributed by atoms with Crippen LogP contribution in [0.1, 0.15) is 31.2 Å². The van der Waals surface area contributed by atoms with Crippen molar-refractivity contribution >= 4 is 17.7 Å². The van der Waals surface area contributed by atoms with Crippen LogP contribution in [0.5, 0.6) is 5.75 Å². The first-order chi connectivity index (χ1) is 10.1. The minimum absolute atomic E-state index is 0.0968. The van der Waals surface area contributed by atoms with Crippen molar-refractivity contribution in [1.29, 1.82) is 0 Å². The van der Waals surface area contributed by atoms with Gasteiger partial charge >= 0.3 is 11.7 Å². The van der Waals surface area contributed by atoms with E-state index in [1.807, 2.05) is 0 Å². The first-order valence-electron chi connectivity index (χ1n) is 6.88. The van der Waals surface area contributed by atoms with Crippen LogP contribution in [0.3, 0.4) is 0 Å². The van der Waals surface area contributed by atoms with Crippen LogP contribution in [-0.2, 0) is 4.79 Å². The number of hydrogen-bond donors (Lipinski definition) is 1. The summed E-state index contributed by atoms with van der Waals surface area (Å²) in [5.41, 5.74) is 0.463. The van der Waals surface area contributed by atoms with Crippen LogP contribution in [0.15, 0.2) is 24.3 Å². The monoisotopic (exact) mass is 291 g/mol. The number of hydrogen-bond acceptors (Lipinski definition) is 4. The highest BCUT2D eigenvalue weighted by molar-refractivity contribution is 5.85. The first-order valence-corrected chi connectivity index (χ1v) is 6.88. The Hall–Kier alpha value is -2.37. The van der Waals surface area contributed by atoms with Gasteiger partial charge in [-0.05, 0) is 42.5 Å². The normalized spacial score (nSPS) is 15.4. The zero-order valence-electron chi connectivity index (χ0n) is 11.5. The van der Waals surface area contributed by atoms with Crippen LogP contribution in [0.25, 0.3) is 6.08 Å². The van der Waals surface area contributed by atoms with Crippen molar-refractivity contribution in [2.75, 3.05) is 6.61 Å². The molecule has 112 valence electrons. The van der Waals surface area contributed by atoms with Crippen LogP contribution in [-0.4, -0.2) is 22.6 Å². The van der Waals surface area contributed by atoms with Crippen LogP contribution in [0, 0.1) is 16.0 Å². The maximum atomic E-state index is 11.0. The van der Waals surface area contributed by atoms with Crippen LogP contribution >= 0.6 is 0 Å². The Morgan fingerprint density at radius 2 is 2.14 bits per heavy atom. The van der Waals surface area contributed by atoms with Crippen LogP contribution in [0.2, 0.25) is 0 Å². The van der Waals surface area contributed by atoms with Crippen molar-refractivity contribution in [3.05, 3.63) is 40.0 Å². The molecule has 1 aromatic carbocycles. The molecule has 6 nitrogen and oxygen atoms in total. The maximum absolute atomic E-state index is 11.0. The Balaban J connectivity index is 2.15. The number of carbonyl (C=O) groups is 1. The van der Waals surface area contributed by atoms with Gasteiger partial charge in [-0.25, -0.2) is 4.79 Å². The predicted molar refractivity (Wildman–Crippen MR) is 77.2 cm³/mol. The summed E-state index contributed by atoms with van der Waals surface area (Å²) in [5, 5.41) is 19.6. The summed E-state index contributed by atoms with van der Waals surface area (Å²) >= 11 is 0. The lowest BCUT2D eigenvalue weighted by Gasteiger charge is -2.11. The fourth-order valence-corrected chi connectivity index (χ4v) is 2.45. The average molecular weight is 291 g/mol. The number of nitrogens with zero attached hydrogens (tertiary/aromatic N) is 1. The van der Waals surface area contributed by atoms with Crippen LogP contribution in [0.4, 0.5) is 5.69 Å². The van der Waals surface area contributed by atoms with E-state index in [0.29, 0.717) is 18.1 Å². The fraction of sp³-hybridized carbons (Fsp3) is 0.400. The molecule has 1 aromatic rings. The van der Waals surface area contributed by atoms with Gasteiger partial charge in [-0.3, -0.25) is 10.1 Å². The third-order valence-corrected chi connectivity index (χ3v) is 3.55. The lowest BCUT2D eigenvalue weighted by atomic mass is 10.1. The second-order valence-corrected chi connectivity index (χ2v) is 5.12. The molecule has 0 radical (unpaired) electrons. The van der Waals surface area contributed by atoms with Gasteiger partial charge in [0.05, 0.1) is 11.5 Å². The summed E-state index contributed by atoms with van der Waals surface area (Å²) in [6, 6.07) is 4.35. The number of carboxylic acid groups (broad SMARTS) is 1. The molecule has 1 fully saturated rings. The Bertz CT molecular complexity index is 561. The molecule has 0 heterocycles. The first kappa shape index (κ1) is 15.0. The van der Waals surface area contributed by atoms with Crippen molar-refractivity contribution in [3.8, 4) is 5.75 Å². The second-order valence-electron chi connectivity index (χ2n) is 5.12. The molecule has 0 aromatic heterocycles. The van der Waals surface area contributed by atoms with Crippen molar-refractivity contribution in [2.45, 2.75) is 25.7 Å². The molecule has 0 bridgehead atoms. The summed E-state index contributed by atoms with van der Waals surface area (Å²) in [6.07, 6.45) is 6.91. The number of nitro benzene ring substituents is 1. The van der Waals surface area contributed by atoms with Crippen molar-refractivity contribution in [3.63, 3.8) is 0 Å². The standard InChI is InChI=1S/C15H17NO5/c17-15(18)8-6-11-5-7-13(16(19)20)14(9-11)21-10-12-3-1-2-4-12/h5-9,12H,1-4,10H2,(H,17,18). The molecule has 1 N–H and O–H groups in total. The Labute approximate surface area is 122 Å². The molecule has 6 heteroatoms. The Morgan fingerprint density at radius 3 is 2.76 bits per heavy atom. The van der Waals surface area contributed by atoms with Crippen LogP contribution < -0.4 is 4.74 Å². The van der Waals surface area contributed by atoms with Gasteiger partial charge in [0, 0.05) is 12.1 Å². The molecule has 2 rings (SSSR count). The predicted octanol–water partition coefficient (Wildman–Crippen LogP) is 3.26. The molecule has 0 saturated heterocycles. The van der Waals surface area contributed by atoms with Gasteiger partial charge in [-0.1, -0.05) is 12.8 Å². The van der Waals surface area contributed by atoms with E-state index >= 15 is 0 Å². The van der Waals surface area contributed by atoms with E-state index in [4.69, 9.17) is 9.84 Å². The maximum Gasteiger partial charge on any atom is 0.328 e. The molecule has 1 aliphatic carbocycles. The lowest BCUT2D eigenvalue weighted by Crippen LogP contribution is -2.09. The highest BCUT2D eigenvalue weighted by Gasteiger charge is 2.19. The highest BCUT2D eigenvalue weighted by atomic mass is 16.6. The fourth-order valence-electron chi connectivity index (χ4n) is 2.45. The molecule has 0 spiro atoms. The smallest absolute Gasteiger partial charge is 0.328 e. The van der Waals surface area contributed by atoms with Gasteiger partial charge in [0.1, 0.15) is 0 Å². The number of carboxylic acids is 1. The van der Waals surface area contributed by atoms with Gasteiger partial charge in [0.25, 0.3) is 0 Å². The summed E-state index contributed by atoms with van der Waals surface area (Å²) in [5.74, 6) is -0.427. The third kappa shape index (κ3) is 4.30. The molecule has 0 amide bonds. The van der Waals surface area contributed by atoms with Gasteiger partial charge in [-0.2, -0.15) is 0 Å². The quantitative estimate of drug-likeness (QED) is 0.493. The Morgan fingerprint density at radius 1 is 1.43 bits per heavy atom. The number of aliphatic carboxylic acids is 1. The molecule has 0 aliphatic heterocycles. The summed E-state index contributed by atoms with van der Waals surface area (Å²) in [6.45, 7) is 0.465. The van der Waals surface area contributed by atoms with Gasteiger partial charge in [-0.15, -0.1) is 0 Å². The summed E-state index contributed by atoms with van der Waals surface area (Å²) < 4.78 is 5.61. The molecular formula is C15H17NO5. The minimum atomic E-state index is -1.07. The number of ether oxygens (including phenoxy) is 1. The third-order valence-electron chi connectivity index (χ3n) is 3.55. The molecule has 21 heavy (non-hydrogen) atoms. The van der Waals surface area contributed by atoms with E-state index in [1.165, 1.54) is 37.1 Å². The largest absolute Gasteiger partial charge is 0.487 e. The summed E-state index contributed by atoms with van der Waals surface area (Å²) in [4.78, 5) is 21.0. The van der Waals surface area contributed by atoms with Gasteiger partial charge < -0.3 is 9.84 Å². The zero-order valence-corrected chi connectivity index (χ0v) is 11.5. The van der Waals surface area contributed by atoms with Crippen molar-refractivity contribution < 1.29 is 19.6 Å². The van der Waals surface area contributed by atoms with E-state index in [-0.39, 0.29) is 11.4 Å². The number of rotatable bonds is 6. The molecule has 1 aliphatic rings. The van der Waals surface area contributed by atoms with E-state index in [2.05, 4.69) is 0 Å². The Kier molecular flexibility index (Phi) is 4.92. The van der Waals surface area contributed by atoms with Gasteiger partial charge in [0.15, 0.2) is 5.75 Å². The molecule has 1 saturated carbocycles. The molecule has 0 atom stereocenters. The zero-order chi connectivity index (χ0) is 15.2. The average Bonchev–Trinajstić information content (AvgIpc) is 2.96. The number of benzene rings is 1. The number of nitro groups is 1. The minimum Gasteiger partial charge on any atom is -0.487 e.